The van der Waals surface area contributed by atoms with Gasteiger partial charge in [-0.1, -0.05) is 137 Å². The van der Waals surface area contributed by atoms with Crippen LogP contribution in [0.1, 0.15) is 141 Å². The average Bonchev–Trinajstić information content (AvgIpc) is 3.02. The van der Waals surface area contributed by atoms with E-state index in [2.05, 4.69) is 30.3 Å². The highest BCUT2D eigenvalue weighted by molar-refractivity contribution is 7.59. The Morgan fingerprint density at radius 3 is 1.13 bits per heavy atom. The molecular weight excluding hydrogens is 522 g/mol. The summed E-state index contributed by atoms with van der Waals surface area (Å²) in [4.78, 5) is 0. The van der Waals surface area contributed by atoms with Gasteiger partial charge in [-0.05, 0) is 86.3 Å². The normalized spacial score (nSPS) is 23.3. The second kappa shape index (κ2) is 17.4. The van der Waals surface area contributed by atoms with Crippen LogP contribution in [0.15, 0.2) is 30.3 Å². The fraction of sp³-hybridized carbons (Fsp3) is 0.833. The molecule has 4 saturated carbocycles. The zero-order valence-electron chi connectivity index (χ0n) is 25.6. The van der Waals surface area contributed by atoms with Gasteiger partial charge in [0.1, 0.15) is 0 Å². The quantitative estimate of drug-likeness (QED) is 0.160. The molecular formula is C36H62P2Si. The van der Waals surface area contributed by atoms with E-state index in [1.807, 2.05) is 0 Å². The molecule has 1 aromatic rings. The minimum absolute atomic E-state index is 0.288. The first-order valence-electron chi connectivity index (χ1n) is 17.9. The van der Waals surface area contributed by atoms with Crippen LogP contribution in [0.2, 0.25) is 12.1 Å². The van der Waals surface area contributed by atoms with E-state index in [0.717, 1.165) is 22.6 Å². The Kier molecular flexibility index (Phi) is 13.7. The highest BCUT2D eigenvalue weighted by Crippen LogP contribution is 2.57. The van der Waals surface area contributed by atoms with Crippen LogP contribution in [0.25, 0.3) is 0 Å². The van der Waals surface area contributed by atoms with Crippen LogP contribution < -0.4 is 5.19 Å². The van der Waals surface area contributed by atoms with Crippen LogP contribution in [0.5, 0.6) is 0 Å². The van der Waals surface area contributed by atoms with E-state index in [1.165, 1.54) is 25.7 Å². The fourth-order valence-corrected chi connectivity index (χ4v) is 20.9. The second-order valence-corrected chi connectivity index (χ2v) is 23.1. The van der Waals surface area contributed by atoms with Crippen LogP contribution in [0.4, 0.5) is 0 Å². The largest absolute Gasteiger partial charge is 0.100 e. The summed E-state index contributed by atoms with van der Waals surface area (Å²) < 4.78 is 0. The summed E-state index contributed by atoms with van der Waals surface area (Å²) in [6.45, 7) is 0. The van der Waals surface area contributed by atoms with Crippen molar-refractivity contribution in [2.24, 2.45) is 0 Å². The van der Waals surface area contributed by atoms with Gasteiger partial charge in [0.2, 0.25) is 0 Å². The predicted octanol–water partition coefficient (Wildman–Crippen LogP) is 11.2. The van der Waals surface area contributed by atoms with E-state index in [1.54, 1.807) is 145 Å². The van der Waals surface area contributed by atoms with Crippen molar-refractivity contribution in [3.63, 3.8) is 0 Å². The second-order valence-electron chi connectivity index (χ2n) is 14.0. The van der Waals surface area contributed by atoms with E-state index < -0.39 is 8.80 Å². The van der Waals surface area contributed by atoms with Crippen molar-refractivity contribution >= 4 is 29.8 Å². The lowest BCUT2D eigenvalue weighted by molar-refractivity contribution is 0.484. The number of hydrogen-bond donors (Lipinski definition) is 0. The van der Waals surface area contributed by atoms with Crippen LogP contribution in [0.3, 0.4) is 0 Å². The van der Waals surface area contributed by atoms with Crippen molar-refractivity contribution in [2.45, 2.75) is 176 Å². The molecule has 0 aromatic heterocycles. The molecule has 0 N–H and O–H groups in total. The highest BCUT2D eigenvalue weighted by atomic mass is 31.1. The minimum Gasteiger partial charge on any atom is -0.100 e. The van der Waals surface area contributed by atoms with Gasteiger partial charge in [0.15, 0.2) is 0 Å². The lowest BCUT2D eigenvalue weighted by Crippen LogP contribution is -2.31. The van der Waals surface area contributed by atoms with Crippen LogP contribution in [-0.4, -0.2) is 43.8 Å². The topological polar surface area (TPSA) is 0 Å². The number of benzene rings is 1. The van der Waals surface area contributed by atoms with E-state index in [-0.39, 0.29) is 15.8 Å². The van der Waals surface area contributed by atoms with Gasteiger partial charge in [0.25, 0.3) is 0 Å². The Balaban J connectivity index is 1.18. The summed E-state index contributed by atoms with van der Waals surface area (Å²) in [5.74, 6) is 0. The van der Waals surface area contributed by atoms with Crippen LogP contribution >= 0.6 is 15.8 Å². The van der Waals surface area contributed by atoms with Crippen molar-refractivity contribution in [2.75, 3.05) is 12.3 Å². The van der Waals surface area contributed by atoms with Gasteiger partial charge in [-0.2, -0.15) is 0 Å². The van der Waals surface area contributed by atoms with E-state index >= 15 is 0 Å². The SMILES string of the molecule is c1ccc([SiH](CCCP(C2CCCCC2)C2CCCCC2)CCCP(C2CCCCC2)C2CCCCC2)cc1. The zero-order chi connectivity index (χ0) is 26.5. The third-order valence-electron chi connectivity index (χ3n) is 11.4. The van der Waals surface area contributed by atoms with Gasteiger partial charge >= 0.3 is 0 Å². The third kappa shape index (κ3) is 9.65. The van der Waals surface area contributed by atoms with Gasteiger partial charge in [0.05, 0.1) is 8.80 Å². The van der Waals surface area contributed by atoms with E-state index in [4.69, 9.17) is 0 Å². The number of hydrogen-bond acceptors (Lipinski definition) is 0. The van der Waals surface area contributed by atoms with Crippen LogP contribution in [-0.2, 0) is 0 Å². The minimum atomic E-state index is -0.859. The average molecular weight is 585 g/mol. The van der Waals surface area contributed by atoms with Crippen molar-refractivity contribution in [1.82, 2.24) is 0 Å². The molecule has 4 aliphatic carbocycles. The molecule has 0 unspecified atom stereocenters. The fourth-order valence-electron chi connectivity index (χ4n) is 9.22. The van der Waals surface area contributed by atoms with Gasteiger partial charge in [-0.15, -0.1) is 15.8 Å². The van der Waals surface area contributed by atoms with Crippen LogP contribution in [0, 0.1) is 0 Å². The molecule has 0 nitrogen and oxygen atoms in total. The van der Waals surface area contributed by atoms with Gasteiger partial charge in [-0.3, -0.25) is 0 Å². The Morgan fingerprint density at radius 2 is 0.795 bits per heavy atom. The predicted molar refractivity (Wildman–Crippen MR) is 183 cm³/mol. The third-order valence-corrected chi connectivity index (χ3v) is 22.4. The Hall–Kier alpha value is 0.297. The van der Waals surface area contributed by atoms with Crippen molar-refractivity contribution in [3.05, 3.63) is 30.3 Å². The van der Waals surface area contributed by atoms with Crippen molar-refractivity contribution < 1.29 is 0 Å². The van der Waals surface area contributed by atoms with E-state index in [9.17, 15) is 0 Å². The molecule has 3 heteroatoms. The molecule has 4 aliphatic rings. The summed E-state index contributed by atoms with van der Waals surface area (Å²) in [5.41, 5.74) is 4.57. The lowest BCUT2D eigenvalue weighted by atomic mass is 9.99. The molecule has 39 heavy (non-hydrogen) atoms. The standard InChI is InChI=1S/C36H62P2Si/c1-6-18-32(19-7-1)37(33-20-8-2-9-21-33)28-16-30-39(36-26-14-5-15-27-36)31-17-29-38(34-22-10-3-11-23-34)35-24-12-4-13-25-35/h5,14-15,26-27,32-35,39H,1-4,6-13,16-25,28-31H2. The first-order chi connectivity index (χ1) is 19.4. The summed E-state index contributed by atoms with van der Waals surface area (Å²) in [7, 11) is -0.283. The first kappa shape index (κ1) is 30.7. The van der Waals surface area contributed by atoms with Gasteiger partial charge in [-0.25, -0.2) is 0 Å². The number of rotatable bonds is 13. The van der Waals surface area contributed by atoms with Gasteiger partial charge in [0, 0.05) is 0 Å². The maximum absolute atomic E-state index is 2.53. The Morgan fingerprint density at radius 1 is 0.462 bits per heavy atom. The first-order valence-corrected chi connectivity index (χ1v) is 23.5. The molecule has 0 bridgehead atoms. The molecule has 0 saturated heterocycles. The molecule has 0 radical (unpaired) electrons. The molecule has 0 atom stereocenters. The Labute approximate surface area is 247 Å². The zero-order valence-corrected chi connectivity index (χ0v) is 28.5. The molecule has 220 valence electrons. The molecule has 1 aromatic carbocycles. The summed E-state index contributed by atoms with van der Waals surface area (Å²) in [5, 5.41) is 1.80. The molecule has 0 amide bonds. The van der Waals surface area contributed by atoms with Crippen molar-refractivity contribution in [1.29, 1.82) is 0 Å². The molecule has 0 spiro atoms. The molecule has 0 aliphatic heterocycles. The summed E-state index contributed by atoms with van der Waals surface area (Å²) in [6, 6.07) is 15.2. The Bertz CT molecular complexity index is 678. The summed E-state index contributed by atoms with van der Waals surface area (Å²) in [6.07, 6.45) is 37.6. The molecule has 4 fully saturated rings. The maximum Gasteiger partial charge on any atom is 0.0708 e. The molecule has 5 rings (SSSR count). The molecule has 0 heterocycles. The van der Waals surface area contributed by atoms with Gasteiger partial charge < -0.3 is 0 Å². The summed E-state index contributed by atoms with van der Waals surface area (Å²) >= 11 is 0. The smallest absolute Gasteiger partial charge is 0.0708 e. The van der Waals surface area contributed by atoms with Crippen molar-refractivity contribution in [3.8, 4) is 0 Å². The monoisotopic (exact) mass is 584 g/mol. The highest BCUT2D eigenvalue weighted by Gasteiger charge is 2.32. The van der Waals surface area contributed by atoms with E-state index in [0.29, 0.717) is 0 Å². The lowest BCUT2D eigenvalue weighted by Gasteiger charge is -2.39. The maximum atomic E-state index is 2.53.